The molecule has 23 heavy (non-hydrogen) atoms. The molecule has 120 valence electrons. The Labute approximate surface area is 138 Å². The Bertz CT molecular complexity index is 690. The maximum absolute atomic E-state index is 13.9. The lowest BCUT2D eigenvalue weighted by Crippen LogP contribution is -2.45. The van der Waals surface area contributed by atoms with Crippen molar-refractivity contribution in [3.63, 3.8) is 0 Å². The predicted molar refractivity (Wildman–Crippen MR) is 86.1 cm³/mol. The van der Waals surface area contributed by atoms with Crippen LogP contribution in [0.5, 0.6) is 0 Å². The first-order valence-corrected chi connectivity index (χ1v) is 7.79. The Balaban J connectivity index is 1.57. The molecular weight excluding hydrogens is 319 g/mol. The van der Waals surface area contributed by atoms with Gasteiger partial charge in [0.15, 0.2) is 11.6 Å². The molecule has 1 aliphatic rings. The van der Waals surface area contributed by atoms with Crippen LogP contribution in [0.2, 0.25) is 5.02 Å². The lowest BCUT2D eigenvalue weighted by Gasteiger charge is -2.33. The van der Waals surface area contributed by atoms with E-state index in [0.29, 0.717) is 24.6 Å². The van der Waals surface area contributed by atoms with Crippen LogP contribution in [0, 0.1) is 5.82 Å². The summed E-state index contributed by atoms with van der Waals surface area (Å²) in [7, 11) is 0. The Morgan fingerprint density at radius 1 is 1.30 bits per heavy atom. The minimum atomic E-state index is -0.423. The zero-order chi connectivity index (χ0) is 16.2. The third-order valence-corrected chi connectivity index (χ3v) is 4.02. The zero-order valence-corrected chi connectivity index (χ0v) is 13.1. The number of nitrogens with zero attached hydrogens (tertiary/aromatic N) is 3. The van der Waals surface area contributed by atoms with Gasteiger partial charge in [0.05, 0.1) is 5.02 Å². The summed E-state index contributed by atoms with van der Waals surface area (Å²) in [6.07, 6.45) is 4.48. The number of anilines is 1. The minimum absolute atomic E-state index is 0.0520. The van der Waals surface area contributed by atoms with E-state index in [1.807, 2.05) is 4.90 Å². The van der Waals surface area contributed by atoms with Gasteiger partial charge in [-0.05, 0) is 31.0 Å². The highest BCUT2D eigenvalue weighted by Crippen LogP contribution is 2.23. The topological polar surface area (TPSA) is 58.1 Å². The van der Waals surface area contributed by atoms with E-state index in [0.717, 1.165) is 12.8 Å². The molecule has 0 bridgehead atoms. The lowest BCUT2D eigenvalue weighted by atomic mass is 10.0. The number of nitrogens with one attached hydrogen (secondary N) is 1. The lowest BCUT2D eigenvalue weighted by molar-refractivity contribution is 0.0926. The molecule has 1 saturated heterocycles. The first-order chi connectivity index (χ1) is 11.1. The summed E-state index contributed by atoms with van der Waals surface area (Å²) in [5.74, 6) is -0.294. The van der Waals surface area contributed by atoms with E-state index < -0.39 is 5.82 Å². The summed E-state index contributed by atoms with van der Waals surface area (Å²) in [4.78, 5) is 22.0. The van der Waals surface area contributed by atoms with E-state index in [-0.39, 0.29) is 17.0 Å². The van der Waals surface area contributed by atoms with Crippen LogP contribution in [0.1, 0.15) is 23.3 Å². The molecule has 0 radical (unpaired) electrons. The van der Waals surface area contributed by atoms with Crippen molar-refractivity contribution in [2.45, 2.75) is 18.9 Å². The molecule has 0 atom stereocenters. The van der Waals surface area contributed by atoms with Crippen LogP contribution in [0.3, 0.4) is 0 Å². The molecule has 0 spiro atoms. The number of hydrogen-bond donors (Lipinski definition) is 1. The summed E-state index contributed by atoms with van der Waals surface area (Å²) in [5.41, 5.74) is 0.403. The van der Waals surface area contributed by atoms with Gasteiger partial charge in [0, 0.05) is 31.5 Å². The number of aromatic nitrogens is 2. The van der Waals surface area contributed by atoms with Crippen molar-refractivity contribution in [1.29, 1.82) is 0 Å². The fourth-order valence-corrected chi connectivity index (χ4v) is 2.78. The summed E-state index contributed by atoms with van der Waals surface area (Å²) >= 11 is 5.72. The third-order valence-electron chi connectivity index (χ3n) is 3.82. The maximum Gasteiger partial charge on any atom is 0.270 e. The minimum Gasteiger partial charge on any atom is -0.354 e. The molecule has 5 nitrogen and oxygen atoms in total. The molecule has 3 heterocycles. The Kier molecular flexibility index (Phi) is 4.71. The van der Waals surface area contributed by atoms with E-state index >= 15 is 0 Å². The van der Waals surface area contributed by atoms with Gasteiger partial charge in [0.2, 0.25) is 0 Å². The molecular formula is C16H16ClFN4O. The third kappa shape index (κ3) is 3.76. The van der Waals surface area contributed by atoms with Gasteiger partial charge in [-0.15, -0.1) is 0 Å². The van der Waals surface area contributed by atoms with Crippen LogP contribution in [0.4, 0.5) is 10.2 Å². The van der Waals surface area contributed by atoms with Crippen LogP contribution in [0.15, 0.2) is 36.7 Å². The van der Waals surface area contributed by atoms with E-state index in [4.69, 9.17) is 11.6 Å². The number of carbonyl (C=O) groups excluding carboxylic acids is 1. The van der Waals surface area contributed by atoms with Gasteiger partial charge in [0.1, 0.15) is 5.69 Å². The predicted octanol–water partition coefficient (Wildman–Crippen LogP) is 2.67. The second-order valence-corrected chi connectivity index (χ2v) is 5.85. The van der Waals surface area contributed by atoms with Gasteiger partial charge in [0.25, 0.3) is 5.91 Å². The Morgan fingerprint density at radius 2 is 2.09 bits per heavy atom. The van der Waals surface area contributed by atoms with Crippen LogP contribution < -0.4 is 10.2 Å². The molecule has 2 aromatic heterocycles. The van der Waals surface area contributed by atoms with Crippen molar-refractivity contribution in [2.75, 3.05) is 18.0 Å². The van der Waals surface area contributed by atoms with Gasteiger partial charge in [-0.3, -0.25) is 9.78 Å². The van der Waals surface area contributed by atoms with Crippen molar-refractivity contribution in [1.82, 2.24) is 15.3 Å². The van der Waals surface area contributed by atoms with Crippen LogP contribution >= 0.6 is 11.6 Å². The Hall–Kier alpha value is -2.21. The molecule has 0 aliphatic carbocycles. The van der Waals surface area contributed by atoms with Crippen molar-refractivity contribution < 1.29 is 9.18 Å². The first-order valence-electron chi connectivity index (χ1n) is 7.41. The van der Waals surface area contributed by atoms with E-state index in [1.165, 1.54) is 12.3 Å². The Morgan fingerprint density at radius 3 is 2.74 bits per heavy atom. The number of carbonyl (C=O) groups is 1. The SMILES string of the molecule is O=C(NC1CCN(c2ncc(Cl)cc2F)CC1)c1ccccn1. The number of hydrogen-bond acceptors (Lipinski definition) is 4. The molecule has 7 heteroatoms. The molecule has 2 aromatic rings. The molecule has 1 fully saturated rings. The molecule has 3 rings (SSSR count). The van der Waals surface area contributed by atoms with Crippen molar-refractivity contribution in [3.8, 4) is 0 Å². The van der Waals surface area contributed by atoms with Crippen molar-refractivity contribution >= 4 is 23.3 Å². The summed E-state index contributed by atoms with van der Waals surface area (Å²) in [5, 5.41) is 3.25. The highest BCUT2D eigenvalue weighted by Gasteiger charge is 2.24. The number of piperidine rings is 1. The number of halogens is 2. The fourth-order valence-electron chi connectivity index (χ4n) is 2.63. The quantitative estimate of drug-likeness (QED) is 0.937. The maximum atomic E-state index is 13.9. The average molecular weight is 335 g/mol. The molecule has 0 aromatic carbocycles. The normalized spacial score (nSPS) is 15.5. The molecule has 0 unspecified atom stereocenters. The summed E-state index contributed by atoms with van der Waals surface area (Å²) in [6, 6.07) is 6.54. The van der Waals surface area contributed by atoms with Gasteiger partial charge in [-0.1, -0.05) is 17.7 Å². The van der Waals surface area contributed by atoms with E-state index in [1.54, 1.807) is 24.4 Å². The van der Waals surface area contributed by atoms with Crippen LogP contribution in [-0.2, 0) is 0 Å². The molecule has 1 amide bonds. The smallest absolute Gasteiger partial charge is 0.270 e. The standard InChI is InChI=1S/C16H16ClFN4O/c17-11-9-13(18)15(20-10-11)22-7-4-12(5-8-22)21-16(23)14-3-1-2-6-19-14/h1-3,6,9-10,12H,4-5,7-8H2,(H,21,23). The van der Waals surface area contributed by atoms with Crippen molar-refractivity contribution in [2.24, 2.45) is 0 Å². The summed E-state index contributed by atoms with van der Waals surface area (Å²) in [6.45, 7) is 1.25. The highest BCUT2D eigenvalue weighted by molar-refractivity contribution is 6.30. The molecule has 1 N–H and O–H groups in total. The number of pyridine rings is 2. The van der Waals surface area contributed by atoms with Crippen molar-refractivity contribution in [3.05, 3.63) is 53.2 Å². The second-order valence-electron chi connectivity index (χ2n) is 5.41. The van der Waals surface area contributed by atoms with Crippen LogP contribution in [-0.4, -0.2) is 35.0 Å². The summed E-state index contributed by atoms with van der Waals surface area (Å²) < 4.78 is 13.9. The van der Waals surface area contributed by atoms with E-state index in [9.17, 15) is 9.18 Å². The molecule has 1 aliphatic heterocycles. The second kappa shape index (κ2) is 6.91. The van der Waals surface area contributed by atoms with Crippen LogP contribution in [0.25, 0.3) is 0 Å². The largest absolute Gasteiger partial charge is 0.354 e. The van der Waals surface area contributed by atoms with Gasteiger partial charge in [-0.25, -0.2) is 9.37 Å². The monoisotopic (exact) mass is 334 g/mol. The number of rotatable bonds is 3. The van der Waals surface area contributed by atoms with Gasteiger partial charge in [-0.2, -0.15) is 0 Å². The zero-order valence-electron chi connectivity index (χ0n) is 12.4. The average Bonchev–Trinajstić information content (AvgIpc) is 2.57. The fraction of sp³-hybridized carbons (Fsp3) is 0.312. The molecule has 0 saturated carbocycles. The first kappa shape index (κ1) is 15.7. The van der Waals surface area contributed by atoms with Gasteiger partial charge < -0.3 is 10.2 Å². The highest BCUT2D eigenvalue weighted by atomic mass is 35.5. The van der Waals surface area contributed by atoms with E-state index in [2.05, 4.69) is 15.3 Å². The van der Waals surface area contributed by atoms with Gasteiger partial charge >= 0.3 is 0 Å². The number of amides is 1.